The molecule has 0 saturated carbocycles. The molecule has 1 saturated heterocycles. The van der Waals surface area contributed by atoms with Gasteiger partial charge >= 0.3 is 0 Å². The maximum absolute atomic E-state index is 5.67. The van der Waals surface area contributed by atoms with Crippen molar-refractivity contribution < 1.29 is 9.47 Å². The van der Waals surface area contributed by atoms with Crippen molar-refractivity contribution >= 4 is 0 Å². The smallest absolute Gasteiger partial charge is 0.0808 e. The quantitative estimate of drug-likeness (QED) is 0.610. The normalized spacial score (nSPS) is 20.5. The fraction of sp³-hybridized carbons (Fsp3) is 1.00. The Morgan fingerprint density at radius 2 is 2.11 bits per heavy atom. The summed E-state index contributed by atoms with van der Waals surface area (Å²) in [6, 6.07) is 0. The molecule has 0 amide bonds. The molecule has 1 N–H and O–H groups in total. The van der Waals surface area contributed by atoms with E-state index in [-0.39, 0.29) is 0 Å². The lowest BCUT2D eigenvalue weighted by Crippen LogP contribution is -2.24. The van der Waals surface area contributed by atoms with Crippen molar-refractivity contribution in [2.24, 2.45) is 5.92 Å². The van der Waals surface area contributed by atoms with Crippen molar-refractivity contribution in [1.29, 1.82) is 0 Å². The van der Waals surface area contributed by atoms with Crippen LogP contribution in [0.2, 0.25) is 0 Å². The first kappa shape index (κ1) is 15.9. The Morgan fingerprint density at radius 1 is 1.22 bits per heavy atom. The average Bonchev–Trinajstić information content (AvgIpc) is 2.37. The van der Waals surface area contributed by atoms with Gasteiger partial charge in [0, 0.05) is 13.2 Å². The first-order chi connectivity index (χ1) is 8.79. The molecule has 1 rings (SSSR count). The van der Waals surface area contributed by atoms with Crippen LogP contribution in [0.15, 0.2) is 0 Å². The fourth-order valence-corrected chi connectivity index (χ4v) is 2.18. The molecule has 108 valence electrons. The van der Waals surface area contributed by atoms with Crippen LogP contribution >= 0.6 is 0 Å². The highest BCUT2D eigenvalue weighted by molar-refractivity contribution is 4.62. The van der Waals surface area contributed by atoms with E-state index in [1.807, 2.05) is 0 Å². The van der Waals surface area contributed by atoms with Gasteiger partial charge in [0.15, 0.2) is 0 Å². The van der Waals surface area contributed by atoms with E-state index in [9.17, 15) is 0 Å². The van der Waals surface area contributed by atoms with E-state index in [0.717, 1.165) is 38.8 Å². The molecule has 0 aliphatic carbocycles. The van der Waals surface area contributed by atoms with Crippen LogP contribution in [0.5, 0.6) is 0 Å². The Labute approximate surface area is 113 Å². The number of rotatable bonds is 10. The molecule has 1 heterocycles. The fourth-order valence-electron chi connectivity index (χ4n) is 2.18. The molecule has 3 heteroatoms. The van der Waals surface area contributed by atoms with Gasteiger partial charge in [-0.05, 0) is 57.5 Å². The first-order valence-corrected chi connectivity index (χ1v) is 7.69. The maximum atomic E-state index is 5.67. The molecule has 0 bridgehead atoms. The molecule has 1 atom stereocenters. The molecule has 1 unspecified atom stereocenters. The number of unbranched alkanes of at least 4 members (excludes halogenated alkanes) is 2. The zero-order valence-electron chi connectivity index (χ0n) is 12.2. The molecule has 3 nitrogen and oxygen atoms in total. The van der Waals surface area contributed by atoms with Crippen LogP contribution < -0.4 is 5.32 Å². The molecule has 1 aliphatic rings. The Bertz CT molecular complexity index is 179. The molecule has 0 spiro atoms. The summed E-state index contributed by atoms with van der Waals surface area (Å²) in [5.41, 5.74) is 0. The molecule has 0 aromatic carbocycles. The van der Waals surface area contributed by atoms with E-state index in [0.29, 0.717) is 6.10 Å². The minimum Gasteiger partial charge on any atom is -0.379 e. The molecule has 1 aliphatic heterocycles. The highest BCUT2D eigenvalue weighted by atomic mass is 16.5. The summed E-state index contributed by atoms with van der Waals surface area (Å²) in [5, 5.41) is 3.47. The molecule has 18 heavy (non-hydrogen) atoms. The van der Waals surface area contributed by atoms with Gasteiger partial charge in [-0.3, -0.25) is 0 Å². The van der Waals surface area contributed by atoms with E-state index in [2.05, 4.69) is 19.2 Å². The van der Waals surface area contributed by atoms with Crippen LogP contribution in [-0.2, 0) is 9.47 Å². The predicted octanol–water partition coefficient (Wildman–Crippen LogP) is 2.99. The topological polar surface area (TPSA) is 30.5 Å². The summed E-state index contributed by atoms with van der Waals surface area (Å²) in [4.78, 5) is 0. The minimum atomic E-state index is 0.367. The van der Waals surface area contributed by atoms with Gasteiger partial charge in [0.1, 0.15) is 0 Å². The third-order valence-corrected chi connectivity index (χ3v) is 3.27. The molecular weight excluding hydrogens is 226 g/mol. The maximum Gasteiger partial charge on any atom is 0.0808 e. The average molecular weight is 257 g/mol. The van der Waals surface area contributed by atoms with Crippen molar-refractivity contribution in [3.63, 3.8) is 0 Å². The van der Waals surface area contributed by atoms with Gasteiger partial charge in [0.2, 0.25) is 0 Å². The largest absolute Gasteiger partial charge is 0.379 e. The second-order valence-electron chi connectivity index (χ2n) is 5.72. The third kappa shape index (κ3) is 8.90. The predicted molar refractivity (Wildman–Crippen MR) is 76.0 cm³/mol. The number of hydrogen-bond acceptors (Lipinski definition) is 3. The first-order valence-electron chi connectivity index (χ1n) is 7.69. The van der Waals surface area contributed by atoms with E-state index in [1.54, 1.807) is 0 Å². The van der Waals surface area contributed by atoms with Crippen LogP contribution in [0.25, 0.3) is 0 Å². The van der Waals surface area contributed by atoms with Crippen LogP contribution in [0.1, 0.15) is 52.4 Å². The second-order valence-corrected chi connectivity index (χ2v) is 5.72. The van der Waals surface area contributed by atoms with Crippen molar-refractivity contribution in [2.45, 2.75) is 58.5 Å². The van der Waals surface area contributed by atoms with Gasteiger partial charge in [0.05, 0.1) is 12.7 Å². The Hall–Kier alpha value is -0.120. The summed E-state index contributed by atoms with van der Waals surface area (Å²) in [7, 11) is 0. The van der Waals surface area contributed by atoms with Gasteiger partial charge in [-0.2, -0.15) is 0 Å². The van der Waals surface area contributed by atoms with E-state index >= 15 is 0 Å². The lowest BCUT2D eigenvalue weighted by Gasteiger charge is -2.22. The molecule has 0 radical (unpaired) electrons. The highest BCUT2D eigenvalue weighted by Crippen LogP contribution is 2.12. The minimum absolute atomic E-state index is 0.367. The van der Waals surface area contributed by atoms with E-state index in [4.69, 9.17) is 9.47 Å². The van der Waals surface area contributed by atoms with Crippen molar-refractivity contribution in [1.82, 2.24) is 5.32 Å². The zero-order chi connectivity index (χ0) is 13.1. The Kier molecular flexibility index (Phi) is 9.54. The standard InChI is InChI=1S/C15H31NO2/c1-14(2)12-16-9-5-3-6-10-17-13-15-8-4-7-11-18-15/h14-16H,3-13H2,1-2H3. The lowest BCUT2D eigenvalue weighted by atomic mass is 10.1. The molecule has 0 aromatic heterocycles. The summed E-state index contributed by atoms with van der Waals surface area (Å²) in [6.45, 7) is 9.38. The van der Waals surface area contributed by atoms with Gasteiger partial charge in [0.25, 0.3) is 0 Å². The highest BCUT2D eigenvalue weighted by Gasteiger charge is 2.13. The summed E-state index contributed by atoms with van der Waals surface area (Å²) in [5.74, 6) is 0.754. The van der Waals surface area contributed by atoms with Gasteiger partial charge < -0.3 is 14.8 Å². The van der Waals surface area contributed by atoms with Crippen molar-refractivity contribution in [2.75, 3.05) is 32.9 Å². The van der Waals surface area contributed by atoms with E-state index < -0.39 is 0 Å². The molecule has 1 fully saturated rings. The summed E-state index contributed by atoms with van der Waals surface area (Å²) >= 11 is 0. The third-order valence-electron chi connectivity index (χ3n) is 3.27. The molecule has 0 aromatic rings. The summed E-state index contributed by atoms with van der Waals surface area (Å²) < 4.78 is 11.3. The monoisotopic (exact) mass is 257 g/mol. The van der Waals surface area contributed by atoms with Gasteiger partial charge in [-0.15, -0.1) is 0 Å². The van der Waals surface area contributed by atoms with Crippen LogP contribution in [-0.4, -0.2) is 39.0 Å². The SMILES string of the molecule is CC(C)CNCCCCCOCC1CCCCO1. The number of nitrogens with one attached hydrogen (secondary N) is 1. The van der Waals surface area contributed by atoms with Crippen molar-refractivity contribution in [3.05, 3.63) is 0 Å². The van der Waals surface area contributed by atoms with Crippen LogP contribution in [0.3, 0.4) is 0 Å². The lowest BCUT2D eigenvalue weighted by molar-refractivity contribution is -0.0411. The summed E-state index contributed by atoms with van der Waals surface area (Å²) in [6.07, 6.45) is 7.77. The van der Waals surface area contributed by atoms with Crippen LogP contribution in [0.4, 0.5) is 0 Å². The zero-order valence-corrected chi connectivity index (χ0v) is 12.2. The Balaban J connectivity index is 1.75. The van der Waals surface area contributed by atoms with Crippen LogP contribution in [0, 0.1) is 5.92 Å². The number of hydrogen-bond donors (Lipinski definition) is 1. The number of ether oxygens (including phenoxy) is 2. The van der Waals surface area contributed by atoms with Gasteiger partial charge in [-0.1, -0.05) is 13.8 Å². The van der Waals surface area contributed by atoms with Crippen molar-refractivity contribution in [3.8, 4) is 0 Å². The van der Waals surface area contributed by atoms with Gasteiger partial charge in [-0.25, -0.2) is 0 Å². The van der Waals surface area contributed by atoms with E-state index in [1.165, 1.54) is 38.5 Å². The second kappa shape index (κ2) is 10.8. The molecular formula is C15H31NO2. The Morgan fingerprint density at radius 3 is 2.83 bits per heavy atom.